The maximum Gasteiger partial charge on any atom is 0.279 e. The number of aromatic nitrogens is 2. The van der Waals surface area contributed by atoms with Crippen LogP contribution in [0.5, 0.6) is 5.88 Å². The Labute approximate surface area is 160 Å². The van der Waals surface area contributed by atoms with Crippen LogP contribution in [0.25, 0.3) is 5.57 Å². The molecule has 1 amide bonds. The third kappa shape index (κ3) is 2.81. The molecule has 0 saturated heterocycles. The van der Waals surface area contributed by atoms with Crippen LogP contribution in [0.1, 0.15) is 11.8 Å². The number of thiazole rings is 1. The lowest BCUT2D eigenvalue weighted by Crippen LogP contribution is -2.22. The molecule has 1 aliphatic rings. The van der Waals surface area contributed by atoms with Crippen LogP contribution < -0.4 is 15.4 Å². The quantitative estimate of drug-likeness (QED) is 0.692. The topological polar surface area (TPSA) is 79.8 Å². The molecule has 4 rings (SSSR count). The second-order valence-electron chi connectivity index (χ2n) is 5.56. The number of benzene rings is 1. The average Bonchev–Trinajstić information content (AvgIpc) is 3.11. The van der Waals surface area contributed by atoms with Gasteiger partial charge in [-0.3, -0.25) is 14.3 Å². The standard InChI is InChI=1S/C18H13BrN4O2S/c1-2-23-17(25)15(26-18(23)21-11-4-3-7-20-9-11)14-12-8-10(19)5-6-13(12)22-16(14)24/h3-9,25H,2H2,1H3. The summed E-state index contributed by atoms with van der Waals surface area (Å²) in [4.78, 5) is 26.3. The number of carbonyl (C=O) groups excluding carboxylic acids is 1. The lowest BCUT2D eigenvalue weighted by molar-refractivity contribution is -0.112. The first-order valence-corrected chi connectivity index (χ1v) is 9.50. The summed E-state index contributed by atoms with van der Waals surface area (Å²) in [5.74, 6) is -0.336. The van der Waals surface area contributed by atoms with E-state index in [1.54, 1.807) is 29.1 Å². The van der Waals surface area contributed by atoms with E-state index < -0.39 is 0 Å². The molecular weight excluding hydrogens is 416 g/mol. The molecular formula is C18H13BrN4O2S. The molecule has 0 fully saturated rings. The Morgan fingerprint density at radius 3 is 2.92 bits per heavy atom. The molecule has 0 saturated carbocycles. The summed E-state index contributed by atoms with van der Waals surface area (Å²) < 4.78 is 2.52. The average molecular weight is 429 g/mol. The first kappa shape index (κ1) is 16.9. The molecule has 1 aliphatic heterocycles. The Morgan fingerprint density at radius 1 is 1.35 bits per heavy atom. The minimum absolute atomic E-state index is 0.0199. The first-order valence-electron chi connectivity index (χ1n) is 7.89. The minimum Gasteiger partial charge on any atom is -0.493 e. The smallest absolute Gasteiger partial charge is 0.279 e. The minimum atomic E-state index is -0.356. The molecule has 26 heavy (non-hydrogen) atoms. The van der Waals surface area contributed by atoms with Gasteiger partial charge in [0.2, 0.25) is 5.88 Å². The zero-order chi connectivity index (χ0) is 18.3. The van der Waals surface area contributed by atoms with E-state index >= 15 is 0 Å². The molecule has 2 aromatic heterocycles. The summed E-state index contributed by atoms with van der Waals surface area (Å²) in [6, 6.07) is 9.09. The molecule has 0 unspecified atom stereocenters. The van der Waals surface area contributed by atoms with Gasteiger partial charge in [-0.05, 0) is 37.3 Å². The van der Waals surface area contributed by atoms with Crippen molar-refractivity contribution in [2.24, 2.45) is 9.98 Å². The summed E-state index contributed by atoms with van der Waals surface area (Å²) >= 11 is 4.69. The number of carbonyl (C=O) groups is 1. The van der Waals surface area contributed by atoms with Crippen molar-refractivity contribution in [2.45, 2.75) is 13.5 Å². The van der Waals surface area contributed by atoms with Crippen LogP contribution >= 0.6 is 27.3 Å². The second kappa shape index (κ2) is 6.62. The number of aromatic hydroxyl groups is 1. The third-order valence-corrected chi connectivity index (χ3v) is 5.54. The van der Waals surface area contributed by atoms with Gasteiger partial charge in [0.05, 0.1) is 22.8 Å². The fraction of sp³-hybridized carbons (Fsp3) is 0.111. The summed E-state index contributed by atoms with van der Waals surface area (Å²) in [6.45, 7) is 2.43. The SMILES string of the molecule is CCn1c(O)c(C2=c3cc(Br)ccc3=NC2=O)sc1=Nc1cccnc1. The van der Waals surface area contributed by atoms with Crippen LogP contribution in [0.2, 0.25) is 0 Å². The van der Waals surface area contributed by atoms with Crippen LogP contribution in [0, 0.1) is 0 Å². The van der Waals surface area contributed by atoms with Crippen LogP contribution in [0.3, 0.4) is 0 Å². The van der Waals surface area contributed by atoms with Gasteiger partial charge in [0.25, 0.3) is 5.91 Å². The molecule has 8 heteroatoms. The van der Waals surface area contributed by atoms with Crippen molar-refractivity contribution in [3.63, 3.8) is 0 Å². The molecule has 3 heterocycles. The lowest BCUT2D eigenvalue weighted by Gasteiger charge is -2.01. The highest BCUT2D eigenvalue weighted by atomic mass is 79.9. The molecule has 6 nitrogen and oxygen atoms in total. The predicted molar refractivity (Wildman–Crippen MR) is 102 cm³/mol. The maximum absolute atomic E-state index is 12.5. The maximum atomic E-state index is 12.5. The van der Waals surface area contributed by atoms with Crippen molar-refractivity contribution in [1.29, 1.82) is 0 Å². The summed E-state index contributed by atoms with van der Waals surface area (Å²) in [5.41, 5.74) is 1.08. The van der Waals surface area contributed by atoms with E-state index in [9.17, 15) is 9.90 Å². The Bertz CT molecular complexity index is 1210. The van der Waals surface area contributed by atoms with Gasteiger partial charge in [-0.25, -0.2) is 9.98 Å². The zero-order valence-corrected chi connectivity index (χ0v) is 16.1. The van der Waals surface area contributed by atoms with E-state index in [4.69, 9.17) is 0 Å². The van der Waals surface area contributed by atoms with E-state index in [1.807, 2.05) is 25.1 Å². The molecule has 1 aromatic carbocycles. The third-order valence-electron chi connectivity index (χ3n) is 3.96. The number of hydrogen-bond donors (Lipinski definition) is 1. The molecule has 0 spiro atoms. The molecule has 0 atom stereocenters. The second-order valence-corrected chi connectivity index (χ2v) is 7.45. The Morgan fingerprint density at radius 2 is 2.19 bits per heavy atom. The molecule has 0 radical (unpaired) electrons. The van der Waals surface area contributed by atoms with Crippen molar-refractivity contribution in [3.8, 4) is 5.88 Å². The van der Waals surface area contributed by atoms with E-state index in [0.29, 0.717) is 38.1 Å². The van der Waals surface area contributed by atoms with E-state index in [-0.39, 0.29) is 11.8 Å². The highest BCUT2D eigenvalue weighted by Gasteiger charge is 2.25. The van der Waals surface area contributed by atoms with Gasteiger partial charge in [-0.15, -0.1) is 0 Å². The van der Waals surface area contributed by atoms with Gasteiger partial charge >= 0.3 is 0 Å². The monoisotopic (exact) mass is 428 g/mol. The molecule has 0 aliphatic carbocycles. The first-order chi connectivity index (χ1) is 12.6. The van der Waals surface area contributed by atoms with Crippen LogP contribution in [-0.4, -0.2) is 20.6 Å². The van der Waals surface area contributed by atoms with Crippen molar-refractivity contribution >= 4 is 44.4 Å². The van der Waals surface area contributed by atoms with Gasteiger partial charge in [-0.2, -0.15) is 0 Å². The molecule has 130 valence electrons. The van der Waals surface area contributed by atoms with Crippen molar-refractivity contribution in [1.82, 2.24) is 9.55 Å². The van der Waals surface area contributed by atoms with Gasteiger partial charge < -0.3 is 5.11 Å². The normalized spacial score (nSPS) is 13.8. The fourth-order valence-corrected chi connectivity index (χ4v) is 4.29. The van der Waals surface area contributed by atoms with Crippen LogP contribution in [-0.2, 0) is 11.3 Å². The van der Waals surface area contributed by atoms with Gasteiger partial charge in [0.1, 0.15) is 4.88 Å². The number of rotatable bonds is 3. The molecule has 0 bridgehead atoms. The van der Waals surface area contributed by atoms with Crippen molar-refractivity contribution < 1.29 is 9.90 Å². The number of amides is 1. The van der Waals surface area contributed by atoms with Crippen molar-refractivity contribution in [2.75, 3.05) is 0 Å². The number of fused-ring (bicyclic) bond motifs is 1. The molecule has 1 N–H and O–H groups in total. The summed E-state index contributed by atoms with van der Waals surface area (Å²) in [7, 11) is 0. The van der Waals surface area contributed by atoms with E-state index in [0.717, 1.165) is 4.47 Å². The fourth-order valence-electron chi connectivity index (χ4n) is 2.77. The van der Waals surface area contributed by atoms with E-state index in [2.05, 4.69) is 30.9 Å². The highest BCUT2D eigenvalue weighted by molar-refractivity contribution is 9.10. The van der Waals surface area contributed by atoms with Crippen molar-refractivity contribution in [3.05, 3.63) is 67.5 Å². The largest absolute Gasteiger partial charge is 0.493 e. The lowest BCUT2D eigenvalue weighted by atomic mass is 10.1. The number of nitrogens with zero attached hydrogens (tertiary/aromatic N) is 4. The number of pyridine rings is 1. The van der Waals surface area contributed by atoms with Gasteiger partial charge in [-0.1, -0.05) is 27.3 Å². The van der Waals surface area contributed by atoms with E-state index in [1.165, 1.54) is 11.3 Å². The Balaban J connectivity index is 2.00. The Hall–Kier alpha value is -2.58. The summed E-state index contributed by atoms with van der Waals surface area (Å²) in [6.07, 6.45) is 3.32. The predicted octanol–water partition coefficient (Wildman–Crippen LogP) is 2.02. The number of hydrogen-bond acceptors (Lipinski definition) is 5. The zero-order valence-electron chi connectivity index (χ0n) is 13.7. The van der Waals surface area contributed by atoms with Gasteiger partial charge in [0.15, 0.2) is 4.80 Å². The molecule has 3 aromatic rings. The van der Waals surface area contributed by atoms with Gasteiger partial charge in [0, 0.05) is 22.4 Å². The Kier molecular flexibility index (Phi) is 4.29. The number of halogens is 1. The van der Waals surface area contributed by atoms with Crippen LogP contribution in [0.4, 0.5) is 5.69 Å². The van der Waals surface area contributed by atoms with Crippen LogP contribution in [0.15, 0.2) is 57.2 Å². The summed E-state index contributed by atoms with van der Waals surface area (Å²) in [5, 5.41) is 12.0. The highest BCUT2D eigenvalue weighted by Crippen LogP contribution is 2.28.